The normalized spacial score (nSPS) is 11.4. The van der Waals surface area contributed by atoms with Gasteiger partial charge < -0.3 is 20.1 Å². The van der Waals surface area contributed by atoms with Gasteiger partial charge in [-0.1, -0.05) is 23.8 Å². The molecule has 0 unspecified atom stereocenters. The van der Waals surface area contributed by atoms with Crippen LogP contribution in [-0.4, -0.2) is 31.2 Å². The summed E-state index contributed by atoms with van der Waals surface area (Å²) in [6.07, 6.45) is 1.66. The molecule has 146 valence electrons. The van der Waals surface area contributed by atoms with Crippen molar-refractivity contribution in [2.45, 2.75) is 33.5 Å². The lowest BCUT2D eigenvalue weighted by molar-refractivity contribution is -0.0504. The van der Waals surface area contributed by atoms with Gasteiger partial charge in [0, 0.05) is 30.4 Å². The van der Waals surface area contributed by atoms with Gasteiger partial charge in [0.15, 0.2) is 5.96 Å². The molecule has 0 amide bonds. The van der Waals surface area contributed by atoms with Crippen LogP contribution in [0, 0.1) is 6.92 Å². The lowest BCUT2D eigenvalue weighted by atomic mass is 10.1. The molecule has 6 nitrogen and oxygen atoms in total. The van der Waals surface area contributed by atoms with Crippen LogP contribution in [0.3, 0.4) is 0 Å². The molecule has 2 aromatic rings. The number of pyridine rings is 1. The van der Waals surface area contributed by atoms with E-state index >= 15 is 0 Å². The van der Waals surface area contributed by atoms with Crippen LogP contribution in [0.15, 0.2) is 41.5 Å². The molecule has 8 heteroatoms. The van der Waals surface area contributed by atoms with Gasteiger partial charge in [0.2, 0.25) is 5.88 Å². The van der Waals surface area contributed by atoms with Crippen molar-refractivity contribution in [2.75, 3.05) is 13.7 Å². The van der Waals surface area contributed by atoms with Crippen LogP contribution < -0.4 is 20.1 Å². The van der Waals surface area contributed by atoms with Gasteiger partial charge in [-0.2, -0.15) is 8.78 Å². The smallest absolute Gasteiger partial charge is 0.387 e. The van der Waals surface area contributed by atoms with Gasteiger partial charge >= 0.3 is 6.61 Å². The molecule has 0 saturated heterocycles. The molecule has 0 fully saturated rings. The predicted molar refractivity (Wildman–Crippen MR) is 100 cm³/mol. The van der Waals surface area contributed by atoms with E-state index in [1.807, 2.05) is 26.0 Å². The van der Waals surface area contributed by atoms with E-state index in [9.17, 15) is 8.78 Å². The second-order valence-electron chi connectivity index (χ2n) is 5.71. The number of halogens is 2. The summed E-state index contributed by atoms with van der Waals surface area (Å²) in [5.74, 6) is 1.21. The lowest BCUT2D eigenvalue weighted by Crippen LogP contribution is -2.36. The molecule has 0 bridgehead atoms. The van der Waals surface area contributed by atoms with Gasteiger partial charge in [0.1, 0.15) is 5.75 Å². The quantitative estimate of drug-likeness (QED) is 0.545. The van der Waals surface area contributed by atoms with Crippen molar-refractivity contribution in [3.63, 3.8) is 0 Å². The molecule has 0 aliphatic carbocycles. The fraction of sp³-hybridized carbons (Fsp3) is 0.368. The number of alkyl halides is 2. The third-order valence-corrected chi connectivity index (χ3v) is 3.67. The Bertz CT molecular complexity index is 769. The molecule has 1 aromatic carbocycles. The second-order valence-corrected chi connectivity index (χ2v) is 5.71. The van der Waals surface area contributed by atoms with Crippen molar-refractivity contribution in [3.8, 4) is 11.6 Å². The number of nitrogens with zero attached hydrogens (tertiary/aromatic N) is 2. The number of ether oxygens (including phenoxy) is 2. The summed E-state index contributed by atoms with van der Waals surface area (Å²) in [5.41, 5.74) is 2.41. The maximum Gasteiger partial charge on any atom is 0.387 e. The highest BCUT2D eigenvalue weighted by Crippen LogP contribution is 2.23. The van der Waals surface area contributed by atoms with Gasteiger partial charge in [-0.3, -0.25) is 0 Å². The number of hydrogen-bond acceptors (Lipinski definition) is 4. The highest BCUT2D eigenvalue weighted by molar-refractivity contribution is 5.79. The molecular weight excluding hydrogens is 354 g/mol. The van der Waals surface area contributed by atoms with Crippen molar-refractivity contribution < 1.29 is 18.3 Å². The van der Waals surface area contributed by atoms with Crippen LogP contribution in [0.4, 0.5) is 8.78 Å². The number of guanidine groups is 1. The zero-order chi connectivity index (χ0) is 19.6. The first-order valence-corrected chi connectivity index (χ1v) is 8.57. The Hall–Kier alpha value is -2.90. The van der Waals surface area contributed by atoms with Crippen molar-refractivity contribution in [1.82, 2.24) is 15.6 Å². The number of aliphatic imine (C=N–C) groups is 1. The number of hydrogen-bond donors (Lipinski definition) is 2. The summed E-state index contributed by atoms with van der Waals surface area (Å²) in [6, 6.07) is 8.77. The maximum absolute atomic E-state index is 12.6. The van der Waals surface area contributed by atoms with E-state index < -0.39 is 6.61 Å². The fourth-order valence-corrected chi connectivity index (χ4v) is 2.47. The van der Waals surface area contributed by atoms with Crippen molar-refractivity contribution in [1.29, 1.82) is 0 Å². The summed E-state index contributed by atoms with van der Waals surface area (Å²) < 4.78 is 35.0. The maximum atomic E-state index is 12.6. The van der Waals surface area contributed by atoms with E-state index in [0.717, 1.165) is 11.1 Å². The Kier molecular flexibility index (Phi) is 7.79. The van der Waals surface area contributed by atoms with Gasteiger partial charge in [-0.25, -0.2) is 9.98 Å². The van der Waals surface area contributed by atoms with E-state index in [0.29, 0.717) is 30.5 Å². The van der Waals surface area contributed by atoms with Crippen LogP contribution in [0.2, 0.25) is 0 Å². The average molecular weight is 378 g/mol. The number of benzene rings is 1. The number of nitrogens with one attached hydrogen (secondary N) is 2. The zero-order valence-corrected chi connectivity index (χ0v) is 15.6. The fourth-order valence-electron chi connectivity index (χ4n) is 2.47. The van der Waals surface area contributed by atoms with E-state index in [4.69, 9.17) is 4.74 Å². The molecule has 1 heterocycles. The van der Waals surface area contributed by atoms with Crippen LogP contribution in [0.1, 0.15) is 23.6 Å². The molecule has 0 radical (unpaired) electrons. The number of aromatic nitrogens is 1. The number of rotatable bonds is 8. The van der Waals surface area contributed by atoms with E-state index in [1.165, 1.54) is 6.07 Å². The van der Waals surface area contributed by atoms with Gasteiger partial charge in [-0.05, 0) is 26.0 Å². The van der Waals surface area contributed by atoms with Gasteiger partial charge in [-0.15, -0.1) is 0 Å². The number of aryl methyl sites for hydroxylation is 1. The third-order valence-electron chi connectivity index (χ3n) is 3.67. The Balaban J connectivity index is 2.12. The monoisotopic (exact) mass is 378 g/mol. The molecule has 0 saturated carbocycles. The largest absolute Gasteiger partial charge is 0.481 e. The molecule has 1 aromatic heterocycles. The Morgan fingerprint density at radius 1 is 1.22 bits per heavy atom. The predicted octanol–water partition coefficient (Wildman–Crippen LogP) is 3.26. The average Bonchev–Trinajstić information content (AvgIpc) is 2.65. The van der Waals surface area contributed by atoms with Crippen LogP contribution >= 0.6 is 0 Å². The Morgan fingerprint density at radius 3 is 2.74 bits per heavy atom. The van der Waals surface area contributed by atoms with Crippen LogP contribution in [-0.2, 0) is 13.1 Å². The molecule has 0 spiro atoms. The minimum absolute atomic E-state index is 0.129. The summed E-state index contributed by atoms with van der Waals surface area (Å²) in [5, 5.41) is 6.31. The first kappa shape index (κ1) is 20.4. The van der Waals surface area contributed by atoms with E-state index in [1.54, 1.807) is 25.4 Å². The Morgan fingerprint density at radius 2 is 2.04 bits per heavy atom. The van der Waals surface area contributed by atoms with E-state index in [-0.39, 0.29) is 12.3 Å². The van der Waals surface area contributed by atoms with Crippen LogP contribution in [0.5, 0.6) is 11.6 Å². The van der Waals surface area contributed by atoms with Crippen molar-refractivity contribution in [3.05, 3.63) is 53.2 Å². The summed E-state index contributed by atoms with van der Waals surface area (Å²) in [4.78, 5) is 8.63. The first-order chi connectivity index (χ1) is 13.0. The summed E-state index contributed by atoms with van der Waals surface area (Å²) >= 11 is 0. The summed E-state index contributed by atoms with van der Waals surface area (Å²) in [6.45, 7) is 2.27. The standard InChI is InChI=1S/C19H24F2N4O2/c1-4-22-19(24-11-14-6-5-9-23-17(14)26-3)25-12-15-10-13(2)7-8-16(15)27-18(20)21/h5-10,18H,4,11-12H2,1-3H3,(H2,22,24,25). The van der Waals surface area contributed by atoms with Gasteiger partial charge in [0.05, 0.1) is 13.7 Å². The lowest BCUT2D eigenvalue weighted by Gasteiger charge is -2.14. The van der Waals surface area contributed by atoms with Crippen molar-refractivity contribution in [2.24, 2.45) is 4.99 Å². The number of methoxy groups -OCH3 is 1. The third kappa shape index (κ3) is 6.40. The second kappa shape index (κ2) is 10.3. The first-order valence-electron chi connectivity index (χ1n) is 8.57. The SMILES string of the molecule is CCNC(=NCc1cc(C)ccc1OC(F)F)NCc1cccnc1OC. The van der Waals surface area contributed by atoms with Crippen molar-refractivity contribution >= 4 is 5.96 Å². The minimum Gasteiger partial charge on any atom is -0.481 e. The summed E-state index contributed by atoms with van der Waals surface area (Å²) in [7, 11) is 1.56. The topological polar surface area (TPSA) is 67.8 Å². The van der Waals surface area contributed by atoms with Gasteiger partial charge in [0.25, 0.3) is 0 Å². The molecule has 0 aliphatic heterocycles. The molecule has 2 N–H and O–H groups in total. The Labute approximate surface area is 157 Å². The molecular formula is C19H24F2N4O2. The molecule has 27 heavy (non-hydrogen) atoms. The zero-order valence-electron chi connectivity index (χ0n) is 15.6. The van der Waals surface area contributed by atoms with E-state index in [2.05, 4.69) is 25.3 Å². The highest BCUT2D eigenvalue weighted by Gasteiger charge is 2.10. The van der Waals surface area contributed by atoms with Crippen LogP contribution in [0.25, 0.3) is 0 Å². The molecule has 2 rings (SSSR count). The minimum atomic E-state index is -2.88. The molecule has 0 aliphatic rings. The highest BCUT2D eigenvalue weighted by atomic mass is 19.3. The molecule has 0 atom stereocenters.